The van der Waals surface area contributed by atoms with E-state index in [0.29, 0.717) is 25.6 Å². The van der Waals surface area contributed by atoms with E-state index in [0.717, 1.165) is 38.6 Å². The number of ether oxygens (including phenoxy) is 1. The summed E-state index contributed by atoms with van der Waals surface area (Å²) < 4.78 is 34.4. The van der Waals surface area contributed by atoms with E-state index in [4.69, 9.17) is 4.74 Å². The number of unbranched alkanes of at least 4 members (excludes halogenated alkanes) is 1. The van der Waals surface area contributed by atoms with Gasteiger partial charge in [0.15, 0.2) is 0 Å². The van der Waals surface area contributed by atoms with E-state index in [1.54, 1.807) is 0 Å². The Labute approximate surface area is 198 Å². The van der Waals surface area contributed by atoms with Crippen molar-refractivity contribution in [3.05, 3.63) is 35.9 Å². The van der Waals surface area contributed by atoms with Gasteiger partial charge >= 0.3 is 0 Å². The Morgan fingerprint density at radius 2 is 1.94 bits per heavy atom. The molecule has 6 nitrogen and oxygen atoms in total. The van der Waals surface area contributed by atoms with Gasteiger partial charge in [0.25, 0.3) is 0 Å². The number of amides is 1. The lowest BCUT2D eigenvalue weighted by molar-refractivity contribution is -0.136. The molecule has 1 amide bonds. The monoisotopic (exact) mass is 474 g/mol. The first-order valence-corrected chi connectivity index (χ1v) is 14.2. The summed E-state index contributed by atoms with van der Waals surface area (Å²) in [5.74, 6) is -0.0279. The van der Waals surface area contributed by atoms with E-state index in [9.17, 15) is 13.2 Å². The van der Waals surface area contributed by atoms with Crippen molar-refractivity contribution in [1.29, 1.82) is 0 Å². The van der Waals surface area contributed by atoms with Crippen LogP contribution in [-0.2, 0) is 26.1 Å². The quantitative estimate of drug-likeness (QED) is 0.564. The summed E-state index contributed by atoms with van der Waals surface area (Å²) in [5.41, 5.74) is 0.874. The van der Waals surface area contributed by atoms with E-state index < -0.39 is 15.9 Å². The number of carbonyl (C=O) groups excluding carboxylic acids is 1. The molecule has 5 atom stereocenters. The Kier molecular flexibility index (Phi) is 5.90. The van der Waals surface area contributed by atoms with Crippen molar-refractivity contribution in [2.24, 2.45) is 22.7 Å². The second-order valence-corrected chi connectivity index (χ2v) is 13.2. The molecule has 2 aliphatic heterocycles. The highest BCUT2D eigenvalue weighted by Crippen LogP contribution is 2.70. The summed E-state index contributed by atoms with van der Waals surface area (Å²) in [6.45, 7) is 9.13. The molecule has 1 aromatic rings. The lowest BCUT2D eigenvalue weighted by atomic mass is 9.69. The van der Waals surface area contributed by atoms with Crippen LogP contribution in [0.25, 0.3) is 0 Å². The first kappa shape index (κ1) is 23.3. The zero-order valence-electron chi connectivity index (χ0n) is 20.2. The molecule has 2 heterocycles. The van der Waals surface area contributed by atoms with Gasteiger partial charge in [0.2, 0.25) is 15.9 Å². The Morgan fingerprint density at radius 3 is 2.64 bits per heavy atom. The summed E-state index contributed by atoms with van der Waals surface area (Å²) in [5, 5.41) is 0. The molecule has 0 radical (unpaired) electrons. The number of rotatable bonds is 7. The molecule has 7 heteroatoms. The van der Waals surface area contributed by atoms with Gasteiger partial charge in [0.1, 0.15) is 0 Å². The Balaban J connectivity index is 1.39. The maximum Gasteiger partial charge on any atom is 0.243 e. The van der Waals surface area contributed by atoms with Crippen LogP contribution in [0.3, 0.4) is 0 Å². The van der Waals surface area contributed by atoms with Crippen LogP contribution in [0.1, 0.15) is 58.4 Å². The predicted octanol–water partition coefficient (Wildman–Crippen LogP) is 3.67. The first-order chi connectivity index (χ1) is 15.7. The van der Waals surface area contributed by atoms with Crippen LogP contribution in [0.2, 0.25) is 0 Å². The molecule has 0 aromatic heterocycles. The average Bonchev–Trinajstić information content (AvgIpc) is 3.41. The molecule has 4 fully saturated rings. The average molecular weight is 475 g/mol. The van der Waals surface area contributed by atoms with E-state index in [1.807, 2.05) is 18.2 Å². The topological polar surface area (TPSA) is 66.9 Å². The number of sulfonamides is 1. The van der Waals surface area contributed by atoms with Crippen molar-refractivity contribution in [2.75, 3.05) is 25.4 Å². The molecule has 4 aliphatic rings. The van der Waals surface area contributed by atoms with Crippen molar-refractivity contribution in [2.45, 2.75) is 71.6 Å². The number of hydrogen-bond acceptors (Lipinski definition) is 5. The molecule has 2 aliphatic carbocycles. The van der Waals surface area contributed by atoms with Crippen molar-refractivity contribution in [3.63, 3.8) is 0 Å². The molecule has 1 aromatic carbocycles. The van der Waals surface area contributed by atoms with Crippen molar-refractivity contribution in [1.82, 2.24) is 9.21 Å². The Bertz CT molecular complexity index is 995. The Morgan fingerprint density at radius 1 is 1.18 bits per heavy atom. The van der Waals surface area contributed by atoms with E-state index in [-0.39, 0.29) is 34.6 Å². The van der Waals surface area contributed by atoms with E-state index in [1.165, 1.54) is 9.87 Å². The number of hydrogen-bond donors (Lipinski definition) is 0. The third kappa shape index (κ3) is 3.66. The van der Waals surface area contributed by atoms with Gasteiger partial charge in [-0.2, -0.15) is 0 Å². The number of likely N-dealkylation sites (tertiary alicyclic amines) is 1. The van der Waals surface area contributed by atoms with Crippen LogP contribution >= 0.6 is 0 Å². The molecular weight excluding hydrogens is 436 g/mol. The summed E-state index contributed by atoms with van der Waals surface area (Å²) >= 11 is 0. The zero-order valence-corrected chi connectivity index (χ0v) is 21.0. The molecule has 2 saturated carbocycles. The second-order valence-electron chi connectivity index (χ2n) is 11.3. The van der Waals surface area contributed by atoms with Gasteiger partial charge in [-0.3, -0.25) is 9.69 Å². The highest BCUT2D eigenvalue weighted by atomic mass is 32.2. The third-order valence-electron chi connectivity index (χ3n) is 9.37. The number of benzene rings is 1. The largest absolute Gasteiger partial charge is 0.376 e. The van der Waals surface area contributed by atoms with Crippen LogP contribution in [0.4, 0.5) is 0 Å². The minimum atomic E-state index is -3.61. The molecule has 4 unspecified atom stereocenters. The number of fused-ring (bicyclic) bond motifs is 1. The second kappa shape index (κ2) is 8.35. The molecule has 33 heavy (non-hydrogen) atoms. The summed E-state index contributed by atoms with van der Waals surface area (Å²) in [4.78, 5) is 16.2. The fourth-order valence-electron chi connectivity index (χ4n) is 7.35. The maximum absolute atomic E-state index is 14.0. The molecule has 5 rings (SSSR count). The lowest BCUT2D eigenvalue weighted by Gasteiger charge is -2.37. The van der Waals surface area contributed by atoms with Crippen LogP contribution < -0.4 is 0 Å². The first-order valence-electron chi connectivity index (χ1n) is 12.6. The van der Waals surface area contributed by atoms with Gasteiger partial charge in [-0.05, 0) is 42.6 Å². The standard InChI is InChI=1S/C26H38N2O4S/c1-4-5-13-32-22-17-27(15-19-9-7-6-8-10-19)16-21(22)24(29)28-23-14-20-11-12-26(23,25(20,2)3)18-33(28,30)31/h6-10,20-23H,4-5,11-18H2,1-3H3/t20?,21?,22-,23?,26?/m0/s1. The number of carbonyl (C=O) groups is 1. The van der Waals surface area contributed by atoms with Gasteiger partial charge < -0.3 is 4.74 Å². The molecule has 0 N–H and O–H groups in total. The lowest BCUT2D eigenvalue weighted by Crippen LogP contribution is -2.48. The van der Waals surface area contributed by atoms with Crippen LogP contribution in [-0.4, -0.2) is 61.1 Å². The number of nitrogens with zero attached hydrogens (tertiary/aromatic N) is 2. The van der Waals surface area contributed by atoms with Crippen molar-refractivity contribution in [3.8, 4) is 0 Å². The van der Waals surface area contributed by atoms with Crippen LogP contribution in [0.15, 0.2) is 30.3 Å². The molecule has 2 bridgehead atoms. The smallest absolute Gasteiger partial charge is 0.243 e. The minimum Gasteiger partial charge on any atom is -0.376 e. The molecular formula is C26H38N2O4S. The van der Waals surface area contributed by atoms with Gasteiger partial charge in [-0.1, -0.05) is 57.5 Å². The highest BCUT2D eigenvalue weighted by Gasteiger charge is 2.72. The molecule has 182 valence electrons. The summed E-state index contributed by atoms with van der Waals surface area (Å²) in [6.07, 6.45) is 4.53. The van der Waals surface area contributed by atoms with Gasteiger partial charge in [-0.15, -0.1) is 0 Å². The maximum atomic E-state index is 14.0. The summed E-state index contributed by atoms with van der Waals surface area (Å²) in [6, 6.07) is 10.1. The van der Waals surface area contributed by atoms with Crippen molar-refractivity contribution >= 4 is 15.9 Å². The van der Waals surface area contributed by atoms with Crippen LogP contribution in [0.5, 0.6) is 0 Å². The third-order valence-corrected chi connectivity index (χ3v) is 11.3. The molecule has 2 saturated heterocycles. The predicted molar refractivity (Wildman–Crippen MR) is 128 cm³/mol. The van der Waals surface area contributed by atoms with Gasteiger partial charge in [-0.25, -0.2) is 12.7 Å². The van der Waals surface area contributed by atoms with E-state index in [2.05, 4.69) is 37.8 Å². The SMILES string of the molecule is CCCCO[C@H]1CN(Cc2ccccc2)CC1C(=O)N1C2CC3CCC2(CS1(=O)=O)C3(C)C. The molecule has 1 spiro atoms. The summed E-state index contributed by atoms with van der Waals surface area (Å²) in [7, 11) is -3.61. The highest BCUT2D eigenvalue weighted by molar-refractivity contribution is 7.90. The van der Waals surface area contributed by atoms with Crippen LogP contribution in [0, 0.1) is 22.7 Å². The normalized spacial score (nSPS) is 36.4. The van der Waals surface area contributed by atoms with Gasteiger partial charge in [0.05, 0.1) is 23.8 Å². The van der Waals surface area contributed by atoms with E-state index >= 15 is 0 Å². The fraction of sp³-hybridized carbons (Fsp3) is 0.731. The minimum absolute atomic E-state index is 0.0359. The van der Waals surface area contributed by atoms with Crippen molar-refractivity contribution < 1.29 is 17.9 Å². The zero-order chi connectivity index (χ0) is 23.4. The Hall–Kier alpha value is -1.44. The fourth-order valence-corrected chi connectivity index (χ4v) is 9.93. The van der Waals surface area contributed by atoms with Gasteiger partial charge in [0, 0.05) is 31.7 Å².